The fourth-order valence-corrected chi connectivity index (χ4v) is 3.96. The molecule has 0 atom stereocenters. The van der Waals surface area contributed by atoms with Gasteiger partial charge in [0.15, 0.2) is 5.82 Å². The van der Waals surface area contributed by atoms with E-state index in [1.165, 1.54) is 13.2 Å². The quantitative estimate of drug-likeness (QED) is 0.296. The number of benzene rings is 2. The number of thioether (sulfide) groups is 1. The number of hydrogen-bond acceptors (Lipinski definition) is 7. The van der Waals surface area contributed by atoms with Crippen LogP contribution in [0.3, 0.4) is 0 Å². The first kappa shape index (κ1) is 23.5. The highest BCUT2D eigenvalue weighted by molar-refractivity contribution is 8.04. The number of methoxy groups -OCH3 is 1. The summed E-state index contributed by atoms with van der Waals surface area (Å²) in [5.41, 5.74) is 1.85. The van der Waals surface area contributed by atoms with Crippen molar-refractivity contribution in [2.45, 2.75) is 19.0 Å². The van der Waals surface area contributed by atoms with Gasteiger partial charge in [0.1, 0.15) is 16.4 Å². The van der Waals surface area contributed by atoms with Crippen LogP contribution in [0.15, 0.2) is 46.5 Å². The maximum atomic E-state index is 11.8. The average Bonchev–Trinajstić information content (AvgIpc) is 3.24. The fraction of sp³-hybridized carbons (Fsp3) is 0.227. The molecule has 0 saturated heterocycles. The number of nitrogens with zero attached hydrogens (tertiary/aromatic N) is 3. The number of nitrogens with one attached hydrogen (secondary N) is 1. The molecule has 1 aromatic heterocycles. The van der Waals surface area contributed by atoms with E-state index in [0.717, 1.165) is 30.5 Å². The van der Waals surface area contributed by atoms with Crippen molar-refractivity contribution >= 4 is 41.1 Å². The Morgan fingerprint density at radius 1 is 1.25 bits per heavy atom. The molecule has 0 aliphatic carbocycles. The number of halogens is 1. The number of carboxylic acid groups (broad SMARTS) is 1. The van der Waals surface area contributed by atoms with E-state index in [2.05, 4.69) is 20.1 Å². The summed E-state index contributed by atoms with van der Waals surface area (Å²) in [4.78, 5) is 18.2. The first-order valence-electron chi connectivity index (χ1n) is 9.83. The van der Waals surface area contributed by atoms with Crippen molar-refractivity contribution in [1.29, 1.82) is 0 Å². The second-order valence-electron chi connectivity index (χ2n) is 6.64. The first-order chi connectivity index (χ1) is 15.4. The van der Waals surface area contributed by atoms with Crippen molar-refractivity contribution in [3.63, 3.8) is 0 Å². The van der Waals surface area contributed by atoms with Crippen molar-refractivity contribution in [2.24, 2.45) is 0 Å². The van der Waals surface area contributed by atoms with Crippen LogP contribution >= 0.6 is 23.4 Å². The molecule has 0 saturated carbocycles. The standard InChI is InChI=1S/C22H23ClN4O4S/c1-4-27(5-2)15-8-6-13(17(28)12-15)10-19(21(29)30)32-22-24-20(25-26-22)16-11-14(23)7-9-18(16)31-3/h6-12,28H,4-5H2,1-3H3,(H,29,30)(H,24,25,26)/b19-10-. The van der Waals surface area contributed by atoms with E-state index in [9.17, 15) is 15.0 Å². The largest absolute Gasteiger partial charge is 0.507 e. The molecule has 0 fully saturated rings. The van der Waals surface area contributed by atoms with E-state index in [-0.39, 0.29) is 15.8 Å². The lowest BCUT2D eigenvalue weighted by Crippen LogP contribution is -2.21. The van der Waals surface area contributed by atoms with Gasteiger partial charge in [0.25, 0.3) is 0 Å². The number of carbonyl (C=O) groups is 1. The minimum absolute atomic E-state index is 0.00640. The highest BCUT2D eigenvalue weighted by atomic mass is 35.5. The summed E-state index contributed by atoms with van der Waals surface area (Å²) in [7, 11) is 1.53. The second-order valence-corrected chi connectivity index (χ2v) is 8.09. The molecule has 32 heavy (non-hydrogen) atoms. The number of phenolic OH excluding ortho intramolecular Hbond substituents is 1. The third-order valence-corrected chi connectivity index (χ3v) is 5.84. The number of ether oxygens (including phenoxy) is 1. The topological polar surface area (TPSA) is 112 Å². The molecule has 168 valence electrons. The monoisotopic (exact) mass is 474 g/mol. The number of aromatic amines is 1. The second kappa shape index (κ2) is 10.4. The van der Waals surface area contributed by atoms with Crippen molar-refractivity contribution in [3.05, 3.63) is 51.9 Å². The van der Waals surface area contributed by atoms with Gasteiger partial charge in [-0.2, -0.15) is 0 Å². The van der Waals surface area contributed by atoms with Gasteiger partial charge in [-0.1, -0.05) is 11.6 Å². The number of aromatic hydroxyl groups is 1. The molecule has 8 nitrogen and oxygen atoms in total. The maximum absolute atomic E-state index is 11.8. The molecule has 1 heterocycles. The van der Waals surface area contributed by atoms with E-state index in [1.807, 2.05) is 19.9 Å². The van der Waals surface area contributed by atoms with Crippen LogP contribution in [0.1, 0.15) is 19.4 Å². The SMILES string of the molecule is CCN(CC)c1ccc(/C=C(\Sc2n[nH]c(-c3cc(Cl)ccc3OC)n2)C(=O)O)c(O)c1. The van der Waals surface area contributed by atoms with Gasteiger partial charge in [0.05, 0.1) is 12.7 Å². The molecule has 3 rings (SSSR count). The Morgan fingerprint density at radius 2 is 2.00 bits per heavy atom. The molecule has 0 aliphatic heterocycles. The number of carboxylic acids is 1. The Balaban J connectivity index is 1.88. The van der Waals surface area contributed by atoms with Crippen LogP contribution < -0.4 is 9.64 Å². The Kier molecular flexibility index (Phi) is 7.66. The molecule has 0 spiro atoms. The summed E-state index contributed by atoms with van der Waals surface area (Å²) < 4.78 is 5.33. The van der Waals surface area contributed by atoms with Crippen LogP contribution in [0, 0.1) is 0 Å². The molecule has 0 amide bonds. The van der Waals surface area contributed by atoms with Crippen molar-refractivity contribution < 1.29 is 19.7 Å². The summed E-state index contributed by atoms with van der Waals surface area (Å²) in [5.74, 6) is -0.223. The van der Waals surface area contributed by atoms with Gasteiger partial charge in [-0.05, 0) is 62.0 Å². The lowest BCUT2D eigenvalue weighted by Gasteiger charge is -2.21. The number of phenols is 1. The predicted molar refractivity (Wildman–Crippen MR) is 127 cm³/mol. The number of hydrogen-bond donors (Lipinski definition) is 3. The molecule has 0 radical (unpaired) electrons. The van der Waals surface area contributed by atoms with Gasteiger partial charge in [-0.25, -0.2) is 9.78 Å². The van der Waals surface area contributed by atoms with E-state index >= 15 is 0 Å². The van der Waals surface area contributed by atoms with Crippen molar-refractivity contribution in [3.8, 4) is 22.9 Å². The Morgan fingerprint density at radius 3 is 2.62 bits per heavy atom. The van der Waals surface area contributed by atoms with E-state index in [0.29, 0.717) is 27.7 Å². The zero-order valence-electron chi connectivity index (χ0n) is 17.8. The summed E-state index contributed by atoms with van der Waals surface area (Å²) in [5, 5.41) is 27.7. The van der Waals surface area contributed by atoms with Gasteiger partial charge in [0.2, 0.25) is 5.16 Å². The molecule has 3 aromatic rings. The minimum Gasteiger partial charge on any atom is -0.507 e. The van der Waals surface area contributed by atoms with Crippen LogP contribution in [-0.2, 0) is 4.79 Å². The molecule has 3 N–H and O–H groups in total. The van der Waals surface area contributed by atoms with Crippen LogP contribution in [0.25, 0.3) is 17.5 Å². The van der Waals surface area contributed by atoms with Crippen molar-refractivity contribution in [1.82, 2.24) is 15.2 Å². The summed E-state index contributed by atoms with van der Waals surface area (Å²) >= 11 is 6.94. The number of H-pyrrole nitrogens is 1. The van der Waals surface area contributed by atoms with E-state index < -0.39 is 5.97 Å². The van der Waals surface area contributed by atoms with Crippen LogP contribution in [0.4, 0.5) is 5.69 Å². The average molecular weight is 475 g/mol. The summed E-state index contributed by atoms with van der Waals surface area (Å²) in [6.45, 7) is 5.65. The zero-order chi connectivity index (χ0) is 23.3. The molecule has 0 aliphatic rings. The summed E-state index contributed by atoms with van der Waals surface area (Å²) in [6.07, 6.45) is 1.39. The Hall–Kier alpha value is -3.17. The predicted octanol–water partition coefficient (Wildman–Crippen LogP) is 4.90. The lowest BCUT2D eigenvalue weighted by molar-refractivity contribution is -0.131. The van der Waals surface area contributed by atoms with Gasteiger partial charge in [0, 0.05) is 35.4 Å². The molecule has 0 bridgehead atoms. The van der Waals surface area contributed by atoms with Gasteiger partial charge < -0.3 is 19.8 Å². The van der Waals surface area contributed by atoms with E-state index in [4.69, 9.17) is 16.3 Å². The molecule has 2 aromatic carbocycles. The van der Waals surface area contributed by atoms with Gasteiger partial charge in [-0.3, -0.25) is 5.10 Å². The van der Waals surface area contributed by atoms with Gasteiger partial charge in [-0.15, -0.1) is 5.10 Å². The van der Waals surface area contributed by atoms with Gasteiger partial charge >= 0.3 is 5.97 Å². The Bertz CT molecular complexity index is 1140. The number of rotatable bonds is 9. The van der Waals surface area contributed by atoms with Crippen molar-refractivity contribution in [2.75, 3.05) is 25.1 Å². The number of aromatic nitrogens is 3. The summed E-state index contributed by atoms with van der Waals surface area (Å²) in [6, 6.07) is 10.2. The minimum atomic E-state index is -1.16. The molecule has 10 heteroatoms. The third-order valence-electron chi connectivity index (χ3n) is 4.72. The molecule has 0 unspecified atom stereocenters. The normalized spacial score (nSPS) is 11.4. The highest BCUT2D eigenvalue weighted by Crippen LogP contribution is 2.34. The highest BCUT2D eigenvalue weighted by Gasteiger charge is 2.17. The number of aliphatic carboxylic acids is 1. The molecular formula is C22H23ClN4O4S. The zero-order valence-corrected chi connectivity index (χ0v) is 19.4. The van der Waals surface area contributed by atoms with Crippen LogP contribution in [0.2, 0.25) is 5.02 Å². The fourth-order valence-electron chi connectivity index (χ4n) is 3.09. The van der Waals surface area contributed by atoms with Crippen LogP contribution in [0.5, 0.6) is 11.5 Å². The lowest BCUT2D eigenvalue weighted by atomic mass is 10.1. The number of anilines is 1. The first-order valence-corrected chi connectivity index (χ1v) is 11.0. The van der Waals surface area contributed by atoms with Crippen LogP contribution in [-0.4, -0.2) is 51.6 Å². The maximum Gasteiger partial charge on any atom is 0.342 e. The Labute approximate surface area is 194 Å². The third kappa shape index (κ3) is 5.35. The van der Waals surface area contributed by atoms with E-state index in [1.54, 1.807) is 30.3 Å². The smallest absolute Gasteiger partial charge is 0.342 e. The molecular weight excluding hydrogens is 452 g/mol.